The van der Waals surface area contributed by atoms with Crippen LogP contribution in [-0.4, -0.2) is 20.8 Å². The topological polar surface area (TPSA) is 25.8 Å². The monoisotopic (exact) mass is 236 g/mol. The van der Waals surface area contributed by atoms with Gasteiger partial charge in [0, 0.05) is 10.6 Å². The molecule has 0 unspecified atom stereocenters. The van der Waals surface area contributed by atoms with Crippen LogP contribution in [0.25, 0.3) is 0 Å². The molecular weight excluding hydrogens is 227 g/mol. The number of thioether (sulfide) groups is 1. The lowest BCUT2D eigenvalue weighted by Crippen LogP contribution is -2.16. The van der Waals surface area contributed by atoms with Crippen LogP contribution in [0.5, 0.6) is 0 Å². The molecule has 13 heavy (non-hydrogen) atoms. The van der Waals surface area contributed by atoms with Crippen molar-refractivity contribution in [2.75, 3.05) is 5.88 Å². The Labute approximate surface area is 92.0 Å². The molecule has 0 N–H and O–H groups in total. The third kappa shape index (κ3) is 3.71. The zero-order chi connectivity index (χ0) is 9.90. The maximum Gasteiger partial charge on any atom is 0.151 e. The van der Waals surface area contributed by atoms with E-state index in [0.29, 0.717) is 11.0 Å². The van der Waals surface area contributed by atoms with E-state index in [-0.39, 0.29) is 4.75 Å². The first-order valence-corrected chi connectivity index (χ1v) is 5.50. The number of aromatic nitrogens is 2. The molecule has 5 heteroatoms. The molecule has 0 bridgehead atoms. The van der Waals surface area contributed by atoms with E-state index in [2.05, 4.69) is 24.0 Å². The van der Waals surface area contributed by atoms with Crippen LogP contribution in [0.4, 0.5) is 0 Å². The summed E-state index contributed by atoms with van der Waals surface area (Å²) in [6, 6.07) is 3.56. The van der Waals surface area contributed by atoms with Gasteiger partial charge in [0.25, 0.3) is 0 Å². The Morgan fingerprint density at radius 2 is 2.08 bits per heavy atom. The van der Waals surface area contributed by atoms with Crippen molar-refractivity contribution in [1.82, 2.24) is 10.2 Å². The number of hydrogen-bond donors (Lipinski definition) is 0. The van der Waals surface area contributed by atoms with Crippen LogP contribution in [0.15, 0.2) is 17.2 Å². The average molecular weight is 237 g/mol. The van der Waals surface area contributed by atoms with Gasteiger partial charge in [0.05, 0.1) is 0 Å². The number of rotatable bonds is 3. The van der Waals surface area contributed by atoms with Gasteiger partial charge >= 0.3 is 0 Å². The van der Waals surface area contributed by atoms with Crippen molar-refractivity contribution in [2.45, 2.75) is 23.6 Å². The van der Waals surface area contributed by atoms with Crippen molar-refractivity contribution >= 4 is 35.0 Å². The van der Waals surface area contributed by atoms with E-state index in [1.165, 1.54) is 0 Å². The number of alkyl halides is 1. The number of nitrogens with zero attached hydrogens (tertiary/aromatic N) is 2. The molecule has 0 aliphatic heterocycles. The van der Waals surface area contributed by atoms with Crippen molar-refractivity contribution < 1.29 is 0 Å². The molecule has 1 aromatic heterocycles. The summed E-state index contributed by atoms with van der Waals surface area (Å²) < 4.78 is -0.0237. The highest BCUT2D eigenvalue weighted by atomic mass is 35.5. The fourth-order valence-electron chi connectivity index (χ4n) is 0.669. The highest BCUT2D eigenvalue weighted by molar-refractivity contribution is 8.00. The van der Waals surface area contributed by atoms with Crippen LogP contribution in [-0.2, 0) is 0 Å². The van der Waals surface area contributed by atoms with Gasteiger partial charge in [-0.2, -0.15) is 0 Å². The molecule has 1 heterocycles. The molecule has 1 rings (SSSR count). The molecule has 0 atom stereocenters. The summed E-state index contributed by atoms with van der Waals surface area (Å²) in [5, 5.41) is 8.94. The molecule has 0 saturated carbocycles. The highest BCUT2D eigenvalue weighted by Gasteiger charge is 2.18. The third-order valence-electron chi connectivity index (χ3n) is 1.31. The van der Waals surface area contributed by atoms with Crippen LogP contribution in [0.2, 0.25) is 5.15 Å². The van der Waals surface area contributed by atoms with Crippen LogP contribution in [0.3, 0.4) is 0 Å². The molecule has 0 aliphatic rings. The molecule has 0 aromatic carbocycles. The summed E-state index contributed by atoms with van der Waals surface area (Å²) in [6.07, 6.45) is 0. The molecule has 1 aromatic rings. The van der Waals surface area contributed by atoms with E-state index in [1.54, 1.807) is 17.8 Å². The zero-order valence-corrected chi connectivity index (χ0v) is 9.75. The first-order valence-electron chi connectivity index (χ1n) is 3.78. The average Bonchev–Trinajstić information content (AvgIpc) is 2.09. The minimum atomic E-state index is -0.0237. The number of hydrogen-bond acceptors (Lipinski definition) is 3. The van der Waals surface area contributed by atoms with Crippen LogP contribution in [0, 0.1) is 0 Å². The molecule has 0 aliphatic carbocycles. The summed E-state index contributed by atoms with van der Waals surface area (Å²) >= 11 is 13.0. The van der Waals surface area contributed by atoms with Crippen molar-refractivity contribution in [3.05, 3.63) is 17.3 Å². The minimum Gasteiger partial charge on any atom is -0.143 e. The first kappa shape index (κ1) is 11.1. The largest absolute Gasteiger partial charge is 0.151 e. The second kappa shape index (κ2) is 4.49. The summed E-state index contributed by atoms with van der Waals surface area (Å²) in [5.41, 5.74) is 0. The van der Waals surface area contributed by atoms with Crippen molar-refractivity contribution in [2.24, 2.45) is 0 Å². The molecule has 0 radical (unpaired) electrons. The Kier molecular flexibility index (Phi) is 3.83. The summed E-state index contributed by atoms with van der Waals surface area (Å²) in [6.45, 7) is 4.11. The zero-order valence-electron chi connectivity index (χ0n) is 7.42. The Hall–Kier alpha value is 0.01000. The molecule has 2 nitrogen and oxygen atoms in total. The van der Waals surface area contributed by atoms with Crippen LogP contribution in [0.1, 0.15) is 13.8 Å². The Morgan fingerprint density at radius 3 is 2.54 bits per heavy atom. The molecular formula is C8H10Cl2N2S. The lowest BCUT2D eigenvalue weighted by Gasteiger charge is -2.19. The summed E-state index contributed by atoms with van der Waals surface area (Å²) in [5.74, 6) is 0.571. The highest BCUT2D eigenvalue weighted by Crippen LogP contribution is 2.31. The molecule has 0 saturated heterocycles. The van der Waals surface area contributed by atoms with Gasteiger partial charge in [-0.15, -0.1) is 21.8 Å². The Balaban J connectivity index is 2.69. The fourth-order valence-corrected chi connectivity index (χ4v) is 1.77. The SMILES string of the molecule is CC(C)(CCl)Sc1ccc(Cl)nn1. The van der Waals surface area contributed by atoms with Crippen LogP contribution < -0.4 is 0 Å². The third-order valence-corrected chi connectivity index (χ3v) is 3.46. The number of halogens is 2. The van der Waals surface area contributed by atoms with E-state index in [0.717, 1.165) is 5.03 Å². The van der Waals surface area contributed by atoms with E-state index < -0.39 is 0 Å². The summed E-state index contributed by atoms with van der Waals surface area (Å²) in [7, 11) is 0. The van der Waals surface area contributed by atoms with Gasteiger partial charge in [0.15, 0.2) is 5.15 Å². The lowest BCUT2D eigenvalue weighted by atomic mass is 10.2. The predicted molar refractivity (Wildman–Crippen MR) is 57.7 cm³/mol. The Morgan fingerprint density at radius 1 is 1.38 bits per heavy atom. The van der Waals surface area contributed by atoms with E-state index in [4.69, 9.17) is 23.2 Å². The van der Waals surface area contributed by atoms with Gasteiger partial charge in [0.1, 0.15) is 5.03 Å². The van der Waals surface area contributed by atoms with Gasteiger partial charge < -0.3 is 0 Å². The minimum absolute atomic E-state index is 0.0237. The van der Waals surface area contributed by atoms with E-state index in [9.17, 15) is 0 Å². The van der Waals surface area contributed by atoms with Gasteiger partial charge in [-0.3, -0.25) is 0 Å². The van der Waals surface area contributed by atoms with E-state index in [1.807, 2.05) is 6.07 Å². The molecule has 72 valence electrons. The van der Waals surface area contributed by atoms with Crippen LogP contribution >= 0.6 is 35.0 Å². The Bertz CT molecular complexity index is 274. The van der Waals surface area contributed by atoms with Gasteiger partial charge in [0.2, 0.25) is 0 Å². The van der Waals surface area contributed by atoms with E-state index >= 15 is 0 Å². The predicted octanol–water partition coefficient (Wildman–Crippen LogP) is 3.24. The fraction of sp³-hybridized carbons (Fsp3) is 0.500. The molecule has 0 spiro atoms. The van der Waals surface area contributed by atoms with Gasteiger partial charge in [-0.25, -0.2) is 0 Å². The molecule has 0 amide bonds. The van der Waals surface area contributed by atoms with Crippen molar-refractivity contribution in [3.63, 3.8) is 0 Å². The quantitative estimate of drug-likeness (QED) is 0.596. The second-order valence-corrected chi connectivity index (χ2v) is 5.57. The summed E-state index contributed by atoms with van der Waals surface area (Å²) in [4.78, 5) is 0. The maximum absolute atomic E-state index is 5.78. The first-order chi connectivity index (χ1) is 6.03. The van der Waals surface area contributed by atoms with Gasteiger partial charge in [-0.1, -0.05) is 23.4 Å². The standard InChI is InChI=1S/C8H10Cl2N2S/c1-8(2,5-9)13-7-4-3-6(10)11-12-7/h3-4H,5H2,1-2H3. The maximum atomic E-state index is 5.78. The molecule has 0 fully saturated rings. The smallest absolute Gasteiger partial charge is 0.143 e. The van der Waals surface area contributed by atoms with Gasteiger partial charge in [-0.05, 0) is 26.0 Å². The van der Waals surface area contributed by atoms with Crippen molar-refractivity contribution in [1.29, 1.82) is 0 Å². The second-order valence-electron chi connectivity index (χ2n) is 3.19. The lowest BCUT2D eigenvalue weighted by molar-refractivity contribution is 0.801. The van der Waals surface area contributed by atoms with Crippen molar-refractivity contribution in [3.8, 4) is 0 Å². The normalized spacial score (nSPS) is 11.7.